The molecule has 1 saturated carbocycles. The van der Waals surface area contributed by atoms with E-state index in [4.69, 9.17) is 0 Å². The second-order valence-corrected chi connectivity index (χ2v) is 21.9. The zero-order valence-electron chi connectivity index (χ0n) is 34.6. The Bertz CT molecular complexity index is 2670. The minimum absolute atomic E-state index is 0.00381. The van der Waals surface area contributed by atoms with Gasteiger partial charge in [0, 0.05) is 43.6 Å². The Kier molecular flexibility index (Phi) is 6.65. The third-order valence-corrected chi connectivity index (χ3v) is 16.8. The Morgan fingerprint density at radius 1 is 0.636 bits per heavy atom. The first-order valence-corrected chi connectivity index (χ1v) is 21.9. The largest absolute Gasteiger partial charge is 0.335 e. The average Bonchev–Trinajstić information content (AvgIpc) is 3.62. The Balaban J connectivity index is 1.31. The molecule has 0 spiro atoms. The lowest BCUT2D eigenvalue weighted by Crippen LogP contribution is -2.65. The molecule has 0 amide bonds. The van der Waals surface area contributed by atoms with Gasteiger partial charge in [-0.2, -0.15) is 0 Å². The molecule has 2 nitrogen and oxygen atoms in total. The lowest BCUT2D eigenvalue weighted by atomic mass is 9.32. The molecule has 6 aromatic rings. The minimum Gasteiger partial charge on any atom is -0.335 e. The van der Waals surface area contributed by atoms with Gasteiger partial charge in [-0.1, -0.05) is 117 Å². The lowest BCUT2D eigenvalue weighted by Gasteiger charge is -2.53. The van der Waals surface area contributed by atoms with E-state index in [9.17, 15) is 0 Å². The summed E-state index contributed by atoms with van der Waals surface area (Å²) in [5, 5.41) is 2.72. The first kappa shape index (κ1) is 34.3. The second kappa shape index (κ2) is 10.7. The molecule has 5 aliphatic rings. The molecule has 0 N–H and O–H groups in total. The van der Waals surface area contributed by atoms with Crippen LogP contribution in [0.1, 0.15) is 129 Å². The van der Waals surface area contributed by atoms with E-state index in [0.717, 1.165) is 0 Å². The summed E-state index contributed by atoms with van der Waals surface area (Å²) in [4.78, 5) is 5.63. The van der Waals surface area contributed by atoms with Crippen LogP contribution in [0.2, 0.25) is 0 Å². The number of nitrogens with zero attached hydrogens (tertiary/aromatic N) is 2. The first-order chi connectivity index (χ1) is 26.0. The van der Waals surface area contributed by atoms with Gasteiger partial charge >= 0.3 is 0 Å². The molecular weight excluding hydrogens is 683 g/mol. The summed E-state index contributed by atoms with van der Waals surface area (Å²) in [5.41, 5.74) is 19.4. The van der Waals surface area contributed by atoms with Crippen LogP contribution in [0.4, 0.5) is 28.4 Å². The maximum absolute atomic E-state index is 2.90. The van der Waals surface area contributed by atoms with Gasteiger partial charge in [0.15, 0.2) is 0 Å². The number of rotatable bonds is 1. The van der Waals surface area contributed by atoms with Gasteiger partial charge in [0.05, 0.1) is 15.9 Å². The van der Waals surface area contributed by atoms with Crippen LogP contribution in [0.25, 0.3) is 20.2 Å². The molecule has 4 heteroatoms. The van der Waals surface area contributed by atoms with Crippen LogP contribution in [-0.2, 0) is 21.7 Å². The summed E-state index contributed by atoms with van der Waals surface area (Å²) in [7, 11) is 0. The Hall–Kier alpha value is -4.02. The molecule has 0 saturated heterocycles. The summed E-state index contributed by atoms with van der Waals surface area (Å²) in [5.74, 6) is 0. The second-order valence-electron chi connectivity index (χ2n) is 20.8. The van der Waals surface area contributed by atoms with Gasteiger partial charge in [0.2, 0.25) is 0 Å². The van der Waals surface area contributed by atoms with Crippen molar-refractivity contribution in [2.24, 2.45) is 0 Å². The normalized spacial score (nSPS) is 24.1. The summed E-state index contributed by atoms with van der Waals surface area (Å²) in [6, 6.07) is 31.9. The zero-order valence-corrected chi connectivity index (χ0v) is 35.4. The molecule has 2 atom stereocenters. The average molecular weight is 739 g/mol. The molecule has 55 heavy (non-hydrogen) atoms. The molecule has 0 bridgehead atoms. The highest BCUT2D eigenvalue weighted by atomic mass is 32.1. The van der Waals surface area contributed by atoms with E-state index in [-0.39, 0.29) is 33.9 Å². The molecule has 0 radical (unpaired) electrons. The lowest BCUT2D eigenvalue weighted by molar-refractivity contribution is 0.195. The topological polar surface area (TPSA) is 6.48 Å². The number of fused-ring (bicyclic) bond motifs is 11. The quantitative estimate of drug-likeness (QED) is 0.155. The van der Waals surface area contributed by atoms with E-state index in [1.54, 1.807) is 11.1 Å². The van der Waals surface area contributed by atoms with E-state index in [1.165, 1.54) is 120 Å². The van der Waals surface area contributed by atoms with Gasteiger partial charge in [-0.25, -0.2) is 0 Å². The molecule has 1 fully saturated rings. The van der Waals surface area contributed by atoms with Crippen molar-refractivity contribution in [3.8, 4) is 0 Å². The maximum atomic E-state index is 2.90. The van der Waals surface area contributed by atoms with Crippen molar-refractivity contribution >= 4 is 83.0 Å². The number of hydrogen-bond acceptors (Lipinski definition) is 3. The van der Waals surface area contributed by atoms with Crippen LogP contribution in [-0.4, -0.2) is 12.3 Å². The molecule has 3 aliphatic heterocycles. The maximum Gasteiger partial charge on any atom is 0.252 e. The predicted molar refractivity (Wildman–Crippen MR) is 240 cm³/mol. The number of benzene rings is 5. The number of thiophene rings is 1. The van der Waals surface area contributed by atoms with Crippen LogP contribution in [0.3, 0.4) is 0 Å². The summed E-state index contributed by atoms with van der Waals surface area (Å²) >= 11 is 1.96. The van der Waals surface area contributed by atoms with E-state index in [2.05, 4.69) is 158 Å². The number of anilines is 5. The van der Waals surface area contributed by atoms with Crippen molar-refractivity contribution in [1.29, 1.82) is 0 Å². The van der Waals surface area contributed by atoms with Gasteiger partial charge in [-0.3, -0.25) is 0 Å². The predicted octanol–water partition coefficient (Wildman–Crippen LogP) is 12.4. The van der Waals surface area contributed by atoms with Crippen molar-refractivity contribution in [3.05, 3.63) is 107 Å². The van der Waals surface area contributed by atoms with Crippen molar-refractivity contribution in [2.75, 3.05) is 9.80 Å². The van der Waals surface area contributed by atoms with Gasteiger partial charge < -0.3 is 9.80 Å². The number of aryl methyl sites for hydroxylation is 1. The molecule has 2 aliphatic carbocycles. The van der Waals surface area contributed by atoms with Gasteiger partial charge in [0.25, 0.3) is 6.71 Å². The zero-order chi connectivity index (χ0) is 38.2. The van der Waals surface area contributed by atoms with Gasteiger partial charge in [-0.15, -0.1) is 11.3 Å². The Morgan fingerprint density at radius 3 is 2.09 bits per heavy atom. The fraction of sp³-hybridized carbons (Fsp3) is 0.412. The highest BCUT2D eigenvalue weighted by Crippen LogP contribution is 2.62. The third-order valence-electron chi connectivity index (χ3n) is 15.6. The molecule has 2 unspecified atom stereocenters. The molecule has 11 rings (SSSR count). The smallest absolute Gasteiger partial charge is 0.252 e. The Labute approximate surface area is 333 Å². The highest BCUT2D eigenvalue weighted by molar-refractivity contribution is 7.26. The highest BCUT2D eigenvalue weighted by Gasteiger charge is 2.61. The fourth-order valence-corrected chi connectivity index (χ4v) is 13.3. The van der Waals surface area contributed by atoms with Crippen LogP contribution >= 0.6 is 11.3 Å². The first-order valence-electron chi connectivity index (χ1n) is 21.1. The minimum atomic E-state index is 0.00381. The monoisotopic (exact) mass is 738 g/mol. The van der Waals surface area contributed by atoms with Gasteiger partial charge in [-0.05, 0) is 130 Å². The molecule has 1 aromatic heterocycles. The van der Waals surface area contributed by atoms with E-state index in [0.29, 0.717) is 0 Å². The fourth-order valence-electron chi connectivity index (χ4n) is 12.1. The standard InChI is InChI=1S/C51H55BN2S/c1-30-24-41-44-42(25-30)54-45-36(50(9)20-13-14-21-51(50,54)10)26-31(47(2,3)4)27-38(45)52(44)37-28-34-35(49(7,8)23-22-48(34,5)6)29-40(37)53(41)39-18-15-17-33-32-16-11-12-19-43(32)55-46(33)39/h11-12,15-19,24-29H,13-14,20-23H2,1-10H3. The molecular formula is C51H55BN2S. The molecule has 4 heterocycles. The molecule has 278 valence electrons. The van der Waals surface area contributed by atoms with Crippen molar-refractivity contribution in [3.63, 3.8) is 0 Å². The van der Waals surface area contributed by atoms with Crippen molar-refractivity contribution in [1.82, 2.24) is 0 Å². The third kappa shape index (κ3) is 4.28. The van der Waals surface area contributed by atoms with Crippen LogP contribution < -0.4 is 26.2 Å². The van der Waals surface area contributed by atoms with Crippen LogP contribution in [0.15, 0.2) is 78.9 Å². The van der Waals surface area contributed by atoms with E-state index >= 15 is 0 Å². The summed E-state index contributed by atoms with van der Waals surface area (Å²) < 4.78 is 2.74. The Morgan fingerprint density at radius 2 is 1.33 bits per heavy atom. The van der Waals surface area contributed by atoms with E-state index in [1.807, 2.05) is 11.3 Å². The summed E-state index contributed by atoms with van der Waals surface area (Å²) in [6.07, 6.45) is 7.46. The van der Waals surface area contributed by atoms with Crippen LogP contribution in [0, 0.1) is 6.92 Å². The van der Waals surface area contributed by atoms with Crippen molar-refractivity contribution in [2.45, 2.75) is 135 Å². The SMILES string of the molecule is Cc1cc2c3c(c1)N1c4c(cc(C(C)(C)C)cc4C4(C)CCCCC14C)B3c1cc3c(cc1N2c1cccc2c1sc1ccccc12)C(C)(C)CCC3(C)C. The van der Waals surface area contributed by atoms with Crippen molar-refractivity contribution < 1.29 is 0 Å². The number of hydrogen-bond donors (Lipinski definition) is 0. The van der Waals surface area contributed by atoms with E-state index < -0.39 is 0 Å². The molecule has 5 aromatic carbocycles. The summed E-state index contributed by atoms with van der Waals surface area (Å²) in [6.45, 7) is 25.0. The van der Waals surface area contributed by atoms with Crippen LogP contribution in [0.5, 0.6) is 0 Å². The van der Waals surface area contributed by atoms with Gasteiger partial charge in [0.1, 0.15) is 0 Å².